The number of hydrogen-bond donors (Lipinski definition) is 1. The molecule has 0 radical (unpaired) electrons. The van der Waals surface area contributed by atoms with E-state index in [4.69, 9.17) is 4.74 Å². The number of ketones is 1. The predicted octanol–water partition coefficient (Wildman–Crippen LogP) is 4.52. The molecule has 4 rings (SSSR count). The van der Waals surface area contributed by atoms with E-state index in [-0.39, 0.29) is 30.2 Å². The summed E-state index contributed by atoms with van der Waals surface area (Å²) in [5.74, 6) is -0.576. The summed E-state index contributed by atoms with van der Waals surface area (Å²) in [5, 5.41) is 1.11. The number of anilines is 1. The van der Waals surface area contributed by atoms with Crippen molar-refractivity contribution in [3.63, 3.8) is 0 Å². The average Bonchev–Trinajstić information content (AvgIpc) is 3.24. The zero-order valence-corrected chi connectivity index (χ0v) is 17.6. The van der Waals surface area contributed by atoms with Crippen LogP contribution in [0, 0.1) is 0 Å². The Balaban J connectivity index is 1.35. The number of aromatic amines is 1. The minimum Gasteiger partial charge on any atom is -0.457 e. The number of nitrogens with one attached hydrogen (secondary N) is 1. The first-order valence-electron chi connectivity index (χ1n) is 10.2. The van der Waals surface area contributed by atoms with Gasteiger partial charge in [0, 0.05) is 53.4 Å². The van der Waals surface area contributed by atoms with Gasteiger partial charge >= 0.3 is 5.97 Å². The quantitative estimate of drug-likeness (QED) is 0.486. The van der Waals surface area contributed by atoms with Crippen molar-refractivity contribution >= 4 is 28.3 Å². The van der Waals surface area contributed by atoms with Crippen LogP contribution in [0.1, 0.15) is 31.4 Å². The molecule has 3 aromatic rings. The molecule has 30 heavy (non-hydrogen) atoms. The molecule has 0 amide bonds. The number of H-pyrrole nitrogens is 1. The van der Waals surface area contributed by atoms with Crippen LogP contribution >= 0.6 is 0 Å². The van der Waals surface area contributed by atoms with Crippen LogP contribution in [0.2, 0.25) is 0 Å². The molecule has 5 heteroatoms. The number of nitrogens with zero attached hydrogens (tertiary/aromatic N) is 1. The summed E-state index contributed by atoms with van der Waals surface area (Å²) in [5.41, 5.74) is 5.03. The third-order valence-corrected chi connectivity index (χ3v) is 5.89. The number of hydrogen-bond acceptors (Lipinski definition) is 4. The molecule has 0 saturated heterocycles. The van der Waals surface area contributed by atoms with Crippen molar-refractivity contribution in [1.29, 1.82) is 0 Å². The van der Waals surface area contributed by atoms with E-state index in [1.165, 1.54) is 5.56 Å². The van der Waals surface area contributed by atoms with Crippen molar-refractivity contribution in [3.8, 4) is 0 Å². The van der Waals surface area contributed by atoms with E-state index in [0.717, 1.165) is 27.9 Å². The number of ether oxygens (including phenoxy) is 1. The van der Waals surface area contributed by atoms with Crippen molar-refractivity contribution in [2.45, 2.75) is 32.1 Å². The number of para-hydroxylation sites is 2. The Morgan fingerprint density at radius 1 is 1.10 bits per heavy atom. The van der Waals surface area contributed by atoms with E-state index < -0.39 is 0 Å². The second-order valence-corrected chi connectivity index (χ2v) is 8.22. The van der Waals surface area contributed by atoms with Gasteiger partial charge in [0.15, 0.2) is 12.4 Å². The lowest BCUT2D eigenvalue weighted by Crippen LogP contribution is -2.25. The standard InChI is InChI=1S/C25H26N2O3/c1-25(2)20-9-5-7-11-22(20)27(3)23(25)14-18(28)16-30-24(29)13-12-17-15-26-21-10-6-4-8-19(17)21/h4-11,14-15,26H,12-13,16H2,1-3H3/b23-14-. The van der Waals surface area contributed by atoms with Crippen LogP contribution in [-0.2, 0) is 26.2 Å². The third kappa shape index (κ3) is 3.63. The molecule has 0 atom stereocenters. The molecular weight excluding hydrogens is 376 g/mol. The number of rotatable bonds is 6. The predicted molar refractivity (Wildman–Crippen MR) is 119 cm³/mol. The second-order valence-electron chi connectivity index (χ2n) is 8.22. The maximum Gasteiger partial charge on any atom is 0.306 e. The van der Waals surface area contributed by atoms with Crippen LogP contribution in [0.4, 0.5) is 5.69 Å². The Morgan fingerprint density at radius 2 is 1.83 bits per heavy atom. The Labute approximate surface area is 176 Å². The molecule has 1 N–H and O–H groups in total. The van der Waals surface area contributed by atoms with E-state index in [2.05, 4.69) is 24.9 Å². The molecule has 1 aliphatic heterocycles. The average molecular weight is 402 g/mol. The van der Waals surface area contributed by atoms with E-state index in [1.54, 1.807) is 6.08 Å². The van der Waals surface area contributed by atoms with Crippen molar-refractivity contribution < 1.29 is 14.3 Å². The highest BCUT2D eigenvalue weighted by molar-refractivity contribution is 5.94. The Morgan fingerprint density at radius 3 is 2.63 bits per heavy atom. The number of esters is 1. The van der Waals surface area contributed by atoms with Gasteiger partial charge in [-0.3, -0.25) is 9.59 Å². The molecule has 0 spiro atoms. The zero-order chi connectivity index (χ0) is 21.3. The van der Waals surface area contributed by atoms with Crippen LogP contribution in [0.5, 0.6) is 0 Å². The normalized spacial score (nSPS) is 16.1. The SMILES string of the molecule is CN1/C(=C\C(=O)COC(=O)CCc2c[nH]c3ccccc23)C(C)(C)c2ccccc21. The summed E-state index contributed by atoms with van der Waals surface area (Å²) < 4.78 is 5.24. The first-order valence-corrected chi connectivity index (χ1v) is 10.2. The molecular formula is C25H26N2O3. The molecule has 2 heterocycles. The van der Waals surface area contributed by atoms with E-state index >= 15 is 0 Å². The lowest BCUT2D eigenvalue weighted by molar-refractivity contribution is -0.146. The van der Waals surface area contributed by atoms with Crippen molar-refractivity contribution in [2.75, 3.05) is 18.6 Å². The Bertz CT molecular complexity index is 1140. The van der Waals surface area contributed by atoms with Gasteiger partial charge in [0.05, 0.1) is 0 Å². The molecule has 0 unspecified atom stereocenters. The number of benzene rings is 2. The first-order chi connectivity index (χ1) is 14.4. The smallest absolute Gasteiger partial charge is 0.306 e. The van der Waals surface area contributed by atoms with Gasteiger partial charge in [-0.15, -0.1) is 0 Å². The summed E-state index contributed by atoms with van der Waals surface area (Å²) in [4.78, 5) is 29.9. The number of fused-ring (bicyclic) bond motifs is 2. The summed E-state index contributed by atoms with van der Waals surface area (Å²) in [6.07, 6.45) is 4.34. The van der Waals surface area contributed by atoms with Gasteiger partial charge in [-0.05, 0) is 29.7 Å². The Hall–Kier alpha value is -3.34. The van der Waals surface area contributed by atoms with Gasteiger partial charge in [0.2, 0.25) is 0 Å². The zero-order valence-electron chi connectivity index (χ0n) is 17.6. The highest BCUT2D eigenvalue weighted by Crippen LogP contribution is 2.46. The van der Waals surface area contributed by atoms with E-state index in [1.807, 2.05) is 60.6 Å². The molecule has 1 aromatic heterocycles. The lowest BCUT2D eigenvalue weighted by Gasteiger charge is -2.23. The van der Waals surface area contributed by atoms with Crippen molar-refractivity contribution in [2.24, 2.45) is 0 Å². The van der Waals surface area contributed by atoms with Crippen LogP contribution in [0.15, 0.2) is 66.5 Å². The fourth-order valence-electron chi connectivity index (χ4n) is 4.25. The minimum absolute atomic E-state index is 0.210. The van der Waals surface area contributed by atoms with Gasteiger partial charge in [0.1, 0.15) is 0 Å². The molecule has 0 saturated carbocycles. The van der Waals surface area contributed by atoms with Crippen LogP contribution in [0.25, 0.3) is 10.9 Å². The van der Waals surface area contributed by atoms with Crippen LogP contribution in [-0.4, -0.2) is 30.4 Å². The maximum atomic E-state index is 12.5. The number of allylic oxidation sites excluding steroid dienone is 1. The number of likely N-dealkylation sites (N-methyl/N-ethyl adjacent to an activating group) is 1. The second kappa shape index (κ2) is 7.82. The van der Waals surface area contributed by atoms with E-state index in [9.17, 15) is 9.59 Å². The molecule has 1 aliphatic rings. The molecule has 0 aliphatic carbocycles. The van der Waals surface area contributed by atoms with Gasteiger partial charge in [0.25, 0.3) is 0 Å². The lowest BCUT2D eigenvalue weighted by atomic mass is 9.83. The monoisotopic (exact) mass is 402 g/mol. The number of aromatic nitrogens is 1. The maximum absolute atomic E-state index is 12.5. The largest absolute Gasteiger partial charge is 0.457 e. The Kier molecular flexibility index (Phi) is 5.20. The van der Waals surface area contributed by atoms with Gasteiger partial charge in [-0.1, -0.05) is 50.2 Å². The summed E-state index contributed by atoms with van der Waals surface area (Å²) >= 11 is 0. The summed E-state index contributed by atoms with van der Waals surface area (Å²) in [6.45, 7) is 3.96. The highest BCUT2D eigenvalue weighted by atomic mass is 16.5. The third-order valence-electron chi connectivity index (χ3n) is 5.89. The van der Waals surface area contributed by atoms with Gasteiger partial charge in [-0.25, -0.2) is 0 Å². The minimum atomic E-state index is -0.366. The molecule has 154 valence electrons. The topological polar surface area (TPSA) is 62.4 Å². The summed E-state index contributed by atoms with van der Waals surface area (Å²) in [6, 6.07) is 16.1. The van der Waals surface area contributed by atoms with Gasteiger partial charge < -0.3 is 14.6 Å². The molecule has 5 nitrogen and oxygen atoms in total. The van der Waals surface area contributed by atoms with Gasteiger partial charge in [-0.2, -0.15) is 0 Å². The van der Waals surface area contributed by atoms with Crippen molar-refractivity contribution in [1.82, 2.24) is 4.98 Å². The first kappa shape index (κ1) is 20.0. The van der Waals surface area contributed by atoms with E-state index in [0.29, 0.717) is 6.42 Å². The fraction of sp³-hybridized carbons (Fsp3) is 0.280. The van der Waals surface area contributed by atoms with Crippen LogP contribution in [0.3, 0.4) is 0 Å². The molecule has 2 aromatic carbocycles. The molecule has 0 bridgehead atoms. The number of carbonyl (C=O) groups is 2. The van der Waals surface area contributed by atoms with Crippen molar-refractivity contribution in [3.05, 3.63) is 77.6 Å². The number of carbonyl (C=O) groups excluding carboxylic acids is 2. The van der Waals surface area contributed by atoms with Crippen LogP contribution < -0.4 is 4.90 Å². The highest BCUT2D eigenvalue weighted by Gasteiger charge is 2.38. The fourth-order valence-corrected chi connectivity index (χ4v) is 4.25. The number of aryl methyl sites for hydroxylation is 1. The molecule has 0 fully saturated rings. The summed E-state index contributed by atoms with van der Waals surface area (Å²) in [7, 11) is 1.96.